The minimum absolute atomic E-state index is 0.0559. The van der Waals surface area contributed by atoms with Crippen LogP contribution in [0.1, 0.15) is 46.5 Å². The summed E-state index contributed by atoms with van der Waals surface area (Å²) in [6.07, 6.45) is 2.99. The second kappa shape index (κ2) is 12.4. The lowest BCUT2D eigenvalue weighted by Gasteiger charge is -2.38. The molecule has 9 heteroatoms. The number of hydrogen-bond donors (Lipinski definition) is 0. The highest BCUT2D eigenvalue weighted by molar-refractivity contribution is 8.26. The first-order chi connectivity index (χ1) is 22.0. The van der Waals surface area contributed by atoms with E-state index < -0.39 is 6.23 Å². The summed E-state index contributed by atoms with van der Waals surface area (Å²) in [5.74, 6) is 2.42. The van der Waals surface area contributed by atoms with Crippen molar-refractivity contribution in [3.8, 4) is 17.2 Å². The molecule has 3 heterocycles. The lowest BCUT2D eigenvalue weighted by atomic mass is 9.95. The van der Waals surface area contributed by atoms with Crippen LogP contribution in [-0.4, -0.2) is 46.6 Å². The van der Waals surface area contributed by atoms with Gasteiger partial charge < -0.3 is 14.2 Å². The predicted molar refractivity (Wildman–Crippen MR) is 182 cm³/mol. The van der Waals surface area contributed by atoms with E-state index in [1.165, 1.54) is 11.8 Å². The number of fused-ring (bicyclic) bond motifs is 3. The Morgan fingerprint density at radius 3 is 2.51 bits per heavy atom. The fourth-order valence-corrected chi connectivity index (χ4v) is 7.17. The van der Waals surface area contributed by atoms with Crippen LogP contribution in [-0.2, 0) is 11.2 Å². The first-order valence-corrected chi connectivity index (χ1v) is 16.0. The molecule has 3 aliphatic heterocycles. The number of ether oxygens (including phenoxy) is 3. The Morgan fingerprint density at radius 2 is 1.73 bits per heavy atom. The summed E-state index contributed by atoms with van der Waals surface area (Å²) in [5, 5.41) is 7.15. The molecule has 226 valence electrons. The number of para-hydroxylation sites is 1. The van der Waals surface area contributed by atoms with Gasteiger partial charge in [0.2, 0.25) is 6.23 Å². The molecule has 0 aromatic heterocycles. The van der Waals surface area contributed by atoms with Crippen LogP contribution < -0.4 is 14.2 Å². The maximum absolute atomic E-state index is 13.3. The van der Waals surface area contributed by atoms with Gasteiger partial charge in [-0.25, -0.2) is 5.01 Å². The smallest absolute Gasteiger partial charge is 0.266 e. The van der Waals surface area contributed by atoms with E-state index >= 15 is 0 Å². The van der Waals surface area contributed by atoms with E-state index in [2.05, 4.69) is 17.1 Å². The van der Waals surface area contributed by atoms with E-state index in [4.69, 9.17) is 31.5 Å². The molecule has 4 aromatic carbocycles. The van der Waals surface area contributed by atoms with E-state index in [0.29, 0.717) is 22.2 Å². The highest BCUT2D eigenvalue weighted by Gasteiger charge is 2.41. The standard InChI is InChI=1S/C36H31N3O4S2/c1-41-27-16-12-23(13-17-27)18-19-38-34(40)33(45-36(38)44)20-24-10-14-25(15-11-24)35-39-31(29-8-3-4-9-32(29)43-35)22-30(37-39)26-6-5-7-28(21-26)42-2/h3-17,20-21,31,35H,18-19,22H2,1-2H3/b33-20-. The zero-order chi connectivity index (χ0) is 30.9. The van der Waals surface area contributed by atoms with Gasteiger partial charge in [-0.15, -0.1) is 0 Å². The summed E-state index contributed by atoms with van der Waals surface area (Å²) in [7, 11) is 3.32. The Hall–Kier alpha value is -4.60. The average molecular weight is 634 g/mol. The number of carbonyl (C=O) groups excluding carboxylic acids is 1. The molecule has 0 spiro atoms. The van der Waals surface area contributed by atoms with Crippen molar-refractivity contribution in [3.05, 3.63) is 130 Å². The lowest BCUT2D eigenvalue weighted by Crippen LogP contribution is -2.33. The normalized spacial score (nSPS) is 19.7. The molecular formula is C36H31N3O4S2. The number of thioether (sulfide) groups is 1. The Bertz CT molecular complexity index is 1820. The molecule has 0 N–H and O–H groups in total. The minimum atomic E-state index is -0.391. The molecule has 0 radical (unpaired) electrons. The predicted octanol–water partition coefficient (Wildman–Crippen LogP) is 7.39. The van der Waals surface area contributed by atoms with Crippen LogP contribution >= 0.6 is 24.0 Å². The van der Waals surface area contributed by atoms with Crippen LogP contribution in [0, 0.1) is 0 Å². The molecule has 1 amide bonds. The highest BCUT2D eigenvalue weighted by atomic mass is 32.2. The lowest BCUT2D eigenvalue weighted by molar-refractivity contribution is -0.122. The van der Waals surface area contributed by atoms with Crippen molar-refractivity contribution in [2.24, 2.45) is 5.10 Å². The summed E-state index contributed by atoms with van der Waals surface area (Å²) in [6, 6.07) is 32.3. The van der Waals surface area contributed by atoms with Gasteiger partial charge in [-0.05, 0) is 54.0 Å². The molecule has 7 rings (SSSR count). The van der Waals surface area contributed by atoms with E-state index in [1.807, 2.05) is 91.0 Å². The van der Waals surface area contributed by atoms with Crippen LogP contribution in [0.15, 0.2) is 107 Å². The number of hydrazone groups is 1. The van der Waals surface area contributed by atoms with Gasteiger partial charge in [-0.2, -0.15) is 5.10 Å². The van der Waals surface area contributed by atoms with Gasteiger partial charge in [0.1, 0.15) is 21.6 Å². The third-order valence-corrected chi connectivity index (χ3v) is 9.66. The van der Waals surface area contributed by atoms with Gasteiger partial charge in [0, 0.05) is 29.7 Å². The van der Waals surface area contributed by atoms with E-state index in [-0.39, 0.29) is 11.9 Å². The molecule has 1 saturated heterocycles. The summed E-state index contributed by atoms with van der Waals surface area (Å²) >= 11 is 6.92. The van der Waals surface area contributed by atoms with Crippen LogP contribution in [0.5, 0.6) is 17.2 Å². The molecule has 2 atom stereocenters. The molecule has 1 fully saturated rings. The van der Waals surface area contributed by atoms with Crippen LogP contribution in [0.2, 0.25) is 0 Å². The Labute approximate surface area is 272 Å². The zero-order valence-electron chi connectivity index (χ0n) is 24.9. The molecule has 7 nitrogen and oxygen atoms in total. The van der Waals surface area contributed by atoms with Crippen LogP contribution in [0.3, 0.4) is 0 Å². The number of rotatable bonds is 8. The SMILES string of the molecule is COc1ccc(CCN2C(=O)/C(=C/c3ccc(C4Oc5ccccc5C5CC(c6cccc(OC)c6)=NN54)cc3)SC2=S)cc1. The number of hydrogen-bond acceptors (Lipinski definition) is 8. The molecular weight excluding hydrogens is 603 g/mol. The number of carbonyl (C=O) groups is 1. The summed E-state index contributed by atoms with van der Waals surface area (Å²) < 4.78 is 17.8. The number of amides is 1. The summed E-state index contributed by atoms with van der Waals surface area (Å²) in [6.45, 7) is 0.531. The summed E-state index contributed by atoms with van der Waals surface area (Å²) in [4.78, 5) is 15.6. The zero-order valence-corrected chi connectivity index (χ0v) is 26.5. The highest BCUT2D eigenvalue weighted by Crippen LogP contribution is 2.47. The second-order valence-corrected chi connectivity index (χ2v) is 12.7. The Morgan fingerprint density at radius 1 is 0.956 bits per heavy atom. The van der Waals surface area contributed by atoms with Gasteiger partial charge >= 0.3 is 0 Å². The molecule has 2 unspecified atom stereocenters. The Kier molecular flexibility index (Phi) is 8.04. The Balaban J connectivity index is 1.09. The van der Waals surface area contributed by atoms with Gasteiger partial charge in [-0.3, -0.25) is 9.69 Å². The third-order valence-electron chi connectivity index (χ3n) is 8.28. The molecule has 45 heavy (non-hydrogen) atoms. The van der Waals surface area contributed by atoms with E-state index in [9.17, 15) is 4.79 Å². The quantitative estimate of drug-likeness (QED) is 0.148. The van der Waals surface area contributed by atoms with Crippen molar-refractivity contribution in [3.63, 3.8) is 0 Å². The van der Waals surface area contributed by atoms with Crippen LogP contribution in [0.4, 0.5) is 0 Å². The summed E-state index contributed by atoms with van der Waals surface area (Å²) in [5.41, 5.74) is 6.18. The fraction of sp³-hybridized carbons (Fsp3) is 0.194. The number of benzene rings is 4. The maximum atomic E-state index is 13.3. The van der Waals surface area contributed by atoms with Crippen molar-refractivity contribution >= 4 is 46.0 Å². The number of methoxy groups -OCH3 is 2. The van der Waals surface area contributed by atoms with Gasteiger partial charge in [-0.1, -0.05) is 90.7 Å². The fourth-order valence-electron chi connectivity index (χ4n) is 5.87. The maximum Gasteiger partial charge on any atom is 0.266 e. The second-order valence-electron chi connectivity index (χ2n) is 11.0. The van der Waals surface area contributed by atoms with Crippen molar-refractivity contribution < 1.29 is 19.0 Å². The molecule has 0 bridgehead atoms. The molecule has 0 saturated carbocycles. The first-order valence-electron chi connectivity index (χ1n) is 14.7. The van der Waals surface area contributed by atoms with Crippen molar-refractivity contribution in [1.29, 1.82) is 0 Å². The van der Waals surface area contributed by atoms with Crippen molar-refractivity contribution in [2.75, 3.05) is 20.8 Å². The van der Waals surface area contributed by atoms with Crippen LogP contribution in [0.25, 0.3) is 6.08 Å². The molecule has 4 aromatic rings. The van der Waals surface area contributed by atoms with Crippen molar-refractivity contribution in [2.45, 2.75) is 25.1 Å². The van der Waals surface area contributed by atoms with Gasteiger partial charge in [0.05, 0.1) is 30.9 Å². The van der Waals surface area contributed by atoms with Crippen molar-refractivity contribution in [1.82, 2.24) is 9.91 Å². The van der Waals surface area contributed by atoms with Gasteiger partial charge in [0.25, 0.3) is 5.91 Å². The third kappa shape index (κ3) is 5.81. The van der Waals surface area contributed by atoms with E-state index in [1.54, 1.807) is 19.1 Å². The minimum Gasteiger partial charge on any atom is -0.497 e. The number of nitrogens with zero attached hydrogens (tertiary/aromatic N) is 3. The van der Waals surface area contributed by atoms with Gasteiger partial charge in [0.15, 0.2) is 0 Å². The topological polar surface area (TPSA) is 63.6 Å². The molecule has 3 aliphatic rings. The monoisotopic (exact) mass is 633 g/mol. The first kappa shape index (κ1) is 29.1. The van der Waals surface area contributed by atoms with E-state index in [0.717, 1.165) is 57.2 Å². The number of thiocarbonyl (C=S) groups is 1. The average Bonchev–Trinajstić information content (AvgIpc) is 3.65. The largest absolute Gasteiger partial charge is 0.497 e. The molecule has 0 aliphatic carbocycles.